The molecule has 0 aromatic rings. The van der Waals surface area contributed by atoms with E-state index in [9.17, 15) is 4.79 Å². The average molecular weight is 262 g/mol. The minimum absolute atomic E-state index is 0.299. The maximum Gasteiger partial charge on any atom is 0.223 e. The van der Waals surface area contributed by atoms with Crippen molar-refractivity contribution in [2.24, 2.45) is 11.8 Å². The molecule has 0 aromatic heterocycles. The highest BCUT2D eigenvalue weighted by Gasteiger charge is 2.31. The molecule has 3 atom stereocenters. The van der Waals surface area contributed by atoms with E-state index in [1.54, 1.807) is 0 Å². The number of carbonyl (C=O) groups is 1. The molecule has 0 N–H and O–H groups in total. The molecule has 2 nitrogen and oxygen atoms in total. The third-order valence-electron chi connectivity index (χ3n) is 3.23. The molecular formula is C11H20BrNO. The van der Waals surface area contributed by atoms with Crippen molar-refractivity contribution in [3.63, 3.8) is 0 Å². The molecule has 1 aliphatic heterocycles. The highest BCUT2D eigenvalue weighted by atomic mass is 79.9. The minimum atomic E-state index is 0.299. The predicted octanol–water partition coefficient (Wildman–Crippen LogP) is 2.66. The fourth-order valence-corrected chi connectivity index (χ4v) is 2.61. The number of rotatable bonds is 2. The summed E-state index contributed by atoms with van der Waals surface area (Å²) < 4.78 is 0. The Morgan fingerprint density at radius 2 is 2.07 bits per heavy atom. The molecule has 3 unspecified atom stereocenters. The zero-order valence-electron chi connectivity index (χ0n) is 9.29. The Kier molecular flexibility index (Phi) is 4.42. The van der Waals surface area contributed by atoms with Crippen LogP contribution in [0.25, 0.3) is 0 Å². The second-order valence-corrected chi connectivity index (χ2v) is 5.34. The van der Waals surface area contributed by atoms with E-state index in [4.69, 9.17) is 0 Å². The van der Waals surface area contributed by atoms with Crippen molar-refractivity contribution in [3.05, 3.63) is 0 Å². The molecule has 0 bridgehead atoms. The van der Waals surface area contributed by atoms with Crippen LogP contribution in [0.5, 0.6) is 0 Å². The van der Waals surface area contributed by atoms with E-state index in [0.29, 0.717) is 30.2 Å². The topological polar surface area (TPSA) is 20.3 Å². The Morgan fingerprint density at radius 3 is 2.64 bits per heavy atom. The van der Waals surface area contributed by atoms with Crippen LogP contribution in [0.3, 0.4) is 0 Å². The number of hydrogen-bond acceptors (Lipinski definition) is 1. The number of halogens is 1. The fourth-order valence-electron chi connectivity index (χ4n) is 2.27. The van der Waals surface area contributed by atoms with Crippen molar-refractivity contribution < 1.29 is 4.79 Å². The molecule has 0 saturated carbocycles. The van der Waals surface area contributed by atoms with Gasteiger partial charge in [0.25, 0.3) is 0 Å². The Labute approximate surface area is 95.2 Å². The van der Waals surface area contributed by atoms with Gasteiger partial charge < -0.3 is 4.90 Å². The lowest BCUT2D eigenvalue weighted by Gasteiger charge is -2.41. The minimum Gasteiger partial charge on any atom is -0.339 e. The summed E-state index contributed by atoms with van der Waals surface area (Å²) in [4.78, 5) is 13.9. The van der Waals surface area contributed by atoms with Gasteiger partial charge in [-0.15, -0.1) is 0 Å². The second-order valence-electron chi connectivity index (χ2n) is 4.54. The number of piperidine rings is 1. The van der Waals surface area contributed by atoms with Gasteiger partial charge in [0.05, 0.1) is 0 Å². The lowest BCUT2D eigenvalue weighted by Crippen LogP contribution is -2.48. The third kappa shape index (κ3) is 2.72. The van der Waals surface area contributed by atoms with Crippen molar-refractivity contribution in [2.75, 3.05) is 11.9 Å². The van der Waals surface area contributed by atoms with Gasteiger partial charge in [0, 0.05) is 24.3 Å². The third-order valence-corrected chi connectivity index (χ3v) is 3.62. The van der Waals surface area contributed by atoms with E-state index in [0.717, 1.165) is 11.9 Å². The molecule has 0 aliphatic carbocycles. The van der Waals surface area contributed by atoms with Crippen LogP contribution in [0.4, 0.5) is 0 Å². The number of hydrogen-bond donors (Lipinski definition) is 0. The van der Waals surface area contributed by atoms with E-state index in [1.807, 2.05) is 0 Å². The average Bonchev–Trinajstić information content (AvgIpc) is 2.11. The summed E-state index contributed by atoms with van der Waals surface area (Å²) in [5.74, 6) is 1.59. The zero-order valence-corrected chi connectivity index (χ0v) is 10.9. The van der Waals surface area contributed by atoms with Crippen LogP contribution in [-0.4, -0.2) is 28.7 Å². The smallest absolute Gasteiger partial charge is 0.223 e. The van der Waals surface area contributed by atoms with E-state index in [-0.39, 0.29) is 0 Å². The predicted molar refractivity (Wildman–Crippen MR) is 62.5 cm³/mol. The van der Waals surface area contributed by atoms with Gasteiger partial charge >= 0.3 is 0 Å². The molecule has 3 heteroatoms. The largest absolute Gasteiger partial charge is 0.339 e. The summed E-state index contributed by atoms with van der Waals surface area (Å²) in [6, 6.07) is 0.415. The van der Waals surface area contributed by atoms with Crippen LogP contribution in [0.1, 0.15) is 33.6 Å². The molecular weight excluding hydrogens is 242 g/mol. The van der Waals surface area contributed by atoms with E-state index < -0.39 is 0 Å². The Bertz CT molecular complexity index is 207. The number of nitrogens with zero attached hydrogens (tertiary/aromatic N) is 1. The number of carbonyl (C=O) groups excluding carboxylic acids is 1. The first kappa shape index (κ1) is 12.0. The Morgan fingerprint density at radius 1 is 1.43 bits per heavy atom. The van der Waals surface area contributed by atoms with Crippen LogP contribution in [0, 0.1) is 11.8 Å². The van der Waals surface area contributed by atoms with Crippen molar-refractivity contribution in [2.45, 2.75) is 39.7 Å². The van der Waals surface area contributed by atoms with Crippen LogP contribution in [0.2, 0.25) is 0 Å². The number of alkyl halides is 1. The van der Waals surface area contributed by atoms with Crippen LogP contribution in [-0.2, 0) is 4.79 Å². The standard InChI is InChI=1S/C11H20BrNO/c1-8-6-9(2)10(3)13(7-8)11(14)4-5-12/h8-10H,4-7H2,1-3H3. The van der Waals surface area contributed by atoms with Crippen LogP contribution >= 0.6 is 15.9 Å². The van der Waals surface area contributed by atoms with Gasteiger partial charge in [0.15, 0.2) is 0 Å². The molecule has 1 aliphatic rings. The highest BCUT2D eigenvalue weighted by Crippen LogP contribution is 2.27. The zero-order chi connectivity index (χ0) is 10.7. The Hall–Kier alpha value is -0.0500. The number of likely N-dealkylation sites (tertiary alicyclic amines) is 1. The molecule has 1 saturated heterocycles. The summed E-state index contributed by atoms with van der Waals surface area (Å²) in [5.41, 5.74) is 0. The summed E-state index contributed by atoms with van der Waals surface area (Å²) >= 11 is 3.32. The van der Waals surface area contributed by atoms with Gasteiger partial charge in [-0.1, -0.05) is 29.8 Å². The van der Waals surface area contributed by atoms with E-state index >= 15 is 0 Å². The van der Waals surface area contributed by atoms with Crippen molar-refractivity contribution in [1.29, 1.82) is 0 Å². The maximum absolute atomic E-state index is 11.8. The SMILES string of the molecule is CC1CC(C)C(C)N(C(=O)CCBr)C1. The molecule has 1 fully saturated rings. The first-order valence-corrected chi connectivity index (χ1v) is 6.53. The van der Waals surface area contributed by atoms with E-state index in [1.165, 1.54) is 6.42 Å². The van der Waals surface area contributed by atoms with Gasteiger partial charge in [-0.05, 0) is 25.2 Å². The lowest BCUT2D eigenvalue weighted by molar-refractivity contribution is -0.136. The molecule has 0 aromatic carbocycles. The maximum atomic E-state index is 11.8. The lowest BCUT2D eigenvalue weighted by atomic mass is 9.86. The monoisotopic (exact) mass is 261 g/mol. The van der Waals surface area contributed by atoms with Gasteiger partial charge in [0.1, 0.15) is 0 Å². The summed E-state index contributed by atoms with van der Waals surface area (Å²) in [6.07, 6.45) is 1.88. The molecule has 82 valence electrons. The quantitative estimate of drug-likeness (QED) is 0.700. The highest BCUT2D eigenvalue weighted by molar-refractivity contribution is 9.09. The van der Waals surface area contributed by atoms with Gasteiger partial charge in [-0.25, -0.2) is 0 Å². The van der Waals surface area contributed by atoms with Crippen LogP contribution in [0.15, 0.2) is 0 Å². The molecule has 0 radical (unpaired) electrons. The first-order chi connectivity index (χ1) is 6.56. The summed E-state index contributed by atoms with van der Waals surface area (Å²) in [6.45, 7) is 7.59. The van der Waals surface area contributed by atoms with Crippen LogP contribution < -0.4 is 0 Å². The fraction of sp³-hybridized carbons (Fsp3) is 0.909. The first-order valence-electron chi connectivity index (χ1n) is 5.41. The Balaban J connectivity index is 2.61. The van der Waals surface area contributed by atoms with E-state index in [2.05, 4.69) is 41.6 Å². The molecule has 14 heavy (non-hydrogen) atoms. The molecule has 1 rings (SSSR count). The van der Waals surface area contributed by atoms with Gasteiger partial charge in [0.2, 0.25) is 5.91 Å². The summed E-state index contributed by atoms with van der Waals surface area (Å²) in [7, 11) is 0. The summed E-state index contributed by atoms with van der Waals surface area (Å²) in [5, 5.41) is 0.776. The van der Waals surface area contributed by atoms with Crippen molar-refractivity contribution in [1.82, 2.24) is 4.90 Å². The van der Waals surface area contributed by atoms with Crippen molar-refractivity contribution in [3.8, 4) is 0 Å². The number of amides is 1. The molecule has 1 amide bonds. The molecule has 0 spiro atoms. The molecule has 1 heterocycles. The van der Waals surface area contributed by atoms with Gasteiger partial charge in [-0.2, -0.15) is 0 Å². The van der Waals surface area contributed by atoms with Gasteiger partial charge in [-0.3, -0.25) is 4.79 Å². The normalized spacial score (nSPS) is 33.1. The van der Waals surface area contributed by atoms with Crippen molar-refractivity contribution >= 4 is 21.8 Å². The second kappa shape index (κ2) is 5.15.